The van der Waals surface area contributed by atoms with Crippen molar-refractivity contribution >= 4 is 58.5 Å². The smallest absolute Gasteiger partial charge is 0.214 e. The van der Waals surface area contributed by atoms with Crippen LogP contribution in [0.25, 0.3) is 0 Å². The van der Waals surface area contributed by atoms with Crippen LogP contribution in [0.2, 0.25) is 0 Å². The van der Waals surface area contributed by atoms with Crippen molar-refractivity contribution < 1.29 is 19.8 Å². The van der Waals surface area contributed by atoms with E-state index in [-0.39, 0.29) is 38.7 Å². The maximum atomic E-state index is 12.0. The van der Waals surface area contributed by atoms with Crippen LogP contribution in [0.5, 0.6) is 0 Å². The molecule has 0 unspecified atom stereocenters. The lowest BCUT2D eigenvalue weighted by atomic mass is 10.2. The molecule has 12 nitrogen and oxygen atoms in total. The number of nitrogens with two attached hydrogens (primary N) is 2. The van der Waals surface area contributed by atoms with Gasteiger partial charge in [-0.2, -0.15) is 0 Å². The van der Waals surface area contributed by atoms with Crippen LogP contribution >= 0.6 is 34.0 Å². The molecule has 0 aliphatic heterocycles. The molecule has 2 rings (SSSR count). The van der Waals surface area contributed by atoms with Gasteiger partial charge >= 0.3 is 0 Å². The highest BCUT2D eigenvalue weighted by atomic mass is 35.5. The predicted molar refractivity (Wildman–Crippen MR) is 157 cm³/mol. The normalized spacial score (nSPS) is 12.2. The largest absolute Gasteiger partial charge is 0.396 e. The molecular formula is C24H35ClN8O4S2. The number of nitrogens with zero attached hydrogens (tertiary/aromatic N) is 6. The molecule has 2 aromatic rings. The Bertz CT molecular complexity index is 1110. The molecule has 0 aliphatic carbocycles. The number of anilines is 2. The highest BCUT2D eigenvalue weighted by molar-refractivity contribution is 8.79. The van der Waals surface area contributed by atoms with Gasteiger partial charge < -0.3 is 31.5 Å². The van der Waals surface area contributed by atoms with Gasteiger partial charge in [0.15, 0.2) is 0 Å². The Morgan fingerprint density at radius 3 is 1.46 bits per heavy atom. The van der Waals surface area contributed by atoms with Crippen LogP contribution in [0.15, 0.2) is 33.6 Å². The number of halogens is 1. The van der Waals surface area contributed by atoms with E-state index in [2.05, 4.69) is 19.9 Å². The van der Waals surface area contributed by atoms with E-state index >= 15 is 0 Å². The second-order valence-electron chi connectivity index (χ2n) is 8.25. The highest BCUT2D eigenvalue weighted by Crippen LogP contribution is 2.42. The summed E-state index contributed by atoms with van der Waals surface area (Å²) >= 11 is 0. The summed E-state index contributed by atoms with van der Waals surface area (Å²) in [5.74, 6) is 1.65. The van der Waals surface area contributed by atoms with Gasteiger partial charge in [0, 0.05) is 70.8 Å². The zero-order chi connectivity index (χ0) is 28.2. The number of aliphatic hydroxyl groups excluding tert-OH is 2. The Balaban J connectivity index is 0.00000760. The Morgan fingerprint density at radius 2 is 1.18 bits per heavy atom. The number of aliphatic hydroxyl groups is 2. The van der Waals surface area contributed by atoms with Gasteiger partial charge in [0.05, 0.1) is 13.1 Å². The molecule has 6 N–H and O–H groups in total. The Labute approximate surface area is 242 Å². The molecule has 0 spiro atoms. The van der Waals surface area contributed by atoms with Gasteiger partial charge in [-0.15, -0.1) is 12.4 Å². The topological polar surface area (TPSA) is 185 Å². The second-order valence-corrected chi connectivity index (χ2v) is 10.6. The monoisotopic (exact) mass is 598 g/mol. The number of hydrogen-bond donors (Lipinski definition) is 4. The third-order valence-corrected chi connectivity index (χ3v) is 8.50. The van der Waals surface area contributed by atoms with Crippen LogP contribution in [0.3, 0.4) is 0 Å². The van der Waals surface area contributed by atoms with Gasteiger partial charge in [0.1, 0.15) is 23.3 Å². The summed E-state index contributed by atoms with van der Waals surface area (Å²) in [7, 11) is 2.69. The van der Waals surface area contributed by atoms with Crippen molar-refractivity contribution in [2.75, 3.05) is 24.7 Å². The molecule has 0 aliphatic rings. The van der Waals surface area contributed by atoms with Crippen LogP contribution in [-0.2, 0) is 22.7 Å². The number of nitrogen functional groups attached to an aromatic ring is 2. The van der Waals surface area contributed by atoms with Crippen molar-refractivity contribution in [2.24, 2.45) is 0 Å². The van der Waals surface area contributed by atoms with Crippen LogP contribution in [-0.4, -0.2) is 66.0 Å². The van der Waals surface area contributed by atoms with Gasteiger partial charge in [-0.05, 0) is 27.7 Å². The molecule has 0 aromatic carbocycles. The van der Waals surface area contributed by atoms with Crippen molar-refractivity contribution in [3.05, 3.63) is 56.4 Å². The van der Waals surface area contributed by atoms with Crippen molar-refractivity contribution in [1.82, 2.24) is 29.7 Å². The maximum absolute atomic E-state index is 12.0. The molecule has 0 saturated carbocycles. The van der Waals surface area contributed by atoms with E-state index in [9.17, 15) is 19.8 Å². The fourth-order valence-electron chi connectivity index (χ4n) is 3.30. The maximum Gasteiger partial charge on any atom is 0.214 e. The van der Waals surface area contributed by atoms with E-state index < -0.39 is 0 Å². The van der Waals surface area contributed by atoms with Gasteiger partial charge in [0.25, 0.3) is 0 Å². The zero-order valence-corrected chi connectivity index (χ0v) is 24.8. The standard InChI is InChI=1S/C24H34N8O4S2.ClH/c1-15(31(13-35)11-19-9-27-17(3)29-23(19)25)21(5-7-33)37-38-22(6-8-34)16(2)32(14-36)12-20-10-28-18(4)30-24(20)26;/h9-10,13-14,33-34H,5-8,11-12H2,1-4H3,(H2,25,27,29)(H2,26,28,30);1H/b21-15+,22-16+;. The van der Waals surface area contributed by atoms with Crippen molar-refractivity contribution in [3.63, 3.8) is 0 Å². The fraction of sp³-hybridized carbons (Fsp3) is 0.417. The summed E-state index contributed by atoms with van der Waals surface area (Å²) in [4.78, 5) is 45.0. The third kappa shape index (κ3) is 9.97. The minimum absolute atomic E-state index is 0. The van der Waals surface area contributed by atoms with E-state index in [1.165, 1.54) is 31.4 Å². The number of aryl methyl sites for hydroxylation is 2. The van der Waals surface area contributed by atoms with Gasteiger partial charge in [-0.25, -0.2) is 19.9 Å². The van der Waals surface area contributed by atoms with E-state index in [0.29, 0.717) is 71.5 Å². The third-order valence-electron chi connectivity index (χ3n) is 5.56. The molecule has 0 bridgehead atoms. The lowest BCUT2D eigenvalue weighted by Gasteiger charge is -2.24. The molecule has 39 heavy (non-hydrogen) atoms. The SMILES string of the molecule is C/C(=C(/CCO)SS/C(CCO)=C(\C)N(C=O)Cc1cnc(C)nc1N)N(C=O)Cc1cnc(C)nc1N.Cl. The summed E-state index contributed by atoms with van der Waals surface area (Å²) < 4.78 is 0. The number of allylic oxidation sites excluding steroid dienone is 2. The first kappa shape index (κ1) is 34.1. The number of rotatable bonds is 15. The predicted octanol–water partition coefficient (Wildman–Crippen LogP) is 2.70. The molecule has 15 heteroatoms. The van der Waals surface area contributed by atoms with Crippen LogP contribution in [0.4, 0.5) is 11.6 Å². The Hall–Kier alpha value is -2.91. The first-order chi connectivity index (χ1) is 18.1. The molecule has 2 aromatic heterocycles. The summed E-state index contributed by atoms with van der Waals surface area (Å²) in [6.07, 6.45) is 5.15. The number of carbonyl (C=O) groups is 2. The number of hydrogen-bond acceptors (Lipinski definition) is 12. The van der Waals surface area contributed by atoms with E-state index in [4.69, 9.17) is 11.5 Å². The average Bonchev–Trinajstić information content (AvgIpc) is 2.88. The number of carbonyl (C=O) groups excluding carboxylic acids is 2. The molecule has 2 heterocycles. The first-order valence-electron chi connectivity index (χ1n) is 11.7. The zero-order valence-electron chi connectivity index (χ0n) is 22.3. The van der Waals surface area contributed by atoms with Crippen molar-refractivity contribution in [3.8, 4) is 0 Å². The molecular weight excluding hydrogens is 564 g/mol. The molecule has 214 valence electrons. The van der Waals surface area contributed by atoms with Crippen LogP contribution < -0.4 is 11.5 Å². The fourth-order valence-corrected chi connectivity index (χ4v) is 6.15. The molecule has 0 saturated heterocycles. The van der Waals surface area contributed by atoms with Gasteiger partial charge in [-0.3, -0.25) is 9.59 Å². The summed E-state index contributed by atoms with van der Waals surface area (Å²) in [6, 6.07) is 0. The molecule has 0 atom stereocenters. The summed E-state index contributed by atoms with van der Waals surface area (Å²) in [5.41, 5.74) is 14.5. The number of amides is 2. The Morgan fingerprint density at radius 1 is 0.821 bits per heavy atom. The van der Waals surface area contributed by atoms with E-state index in [1.807, 2.05) is 0 Å². The van der Waals surface area contributed by atoms with E-state index in [0.717, 1.165) is 9.81 Å². The second kappa shape index (κ2) is 16.9. The minimum atomic E-state index is -0.131. The Kier molecular flexibility index (Phi) is 14.8. The minimum Gasteiger partial charge on any atom is -0.396 e. The first-order valence-corrected chi connectivity index (χ1v) is 13.9. The highest BCUT2D eigenvalue weighted by Gasteiger charge is 2.18. The average molecular weight is 599 g/mol. The van der Waals surface area contributed by atoms with Crippen LogP contribution in [0.1, 0.15) is 49.5 Å². The number of aromatic nitrogens is 4. The van der Waals surface area contributed by atoms with E-state index in [1.54, 1.807) is 40.1 Å². The summed E-state index contributed by atoms with van der Waals surface area (Å²) in [5, 5.41) is 19.4. The van der Waals surface area contributed by atoms with Gasteiger partial charge in [-0.1, -0.05) is 21.6 Å². The summed E-state index contributed by atoms with van der Waals surface area (Å²) in [6.45, 7) is 7.08. The lowest BCUT2D eigenvalue weighted by Crippen LogP contribution is -2.22. The molecule has 2 amide bonds. The van der Waals surface area contributed by atoms with Crippen LogP contribution in [0, 0.1) is 13.8 Å². The quantitative estimate of drug-likeness (QED) is 0.174. The van der Waals surface area contributed by atoms with Crippen molar-refractivity contribution in [1.29, 1.82) is 0 Å². The molecule has 0 radical (unpaired) electrons. The lowest BCUT2D eigenvalue weighted by molar-refractivity contribution is -0.117. The van der Waals surface area contributed by atoms with Crippen molar-refractivity contribution in [2.45, 2.75) is 53.6 Å². The molecule has 0 fully saturated rings. The van der Waals surface area contributed by atoms with Gasteiger partial charge in [0.2, 0.25) is 12.8 Å².